The number of carbonyl (C=O) groups is 1. The van der Waals surface area contributed by atoms with Crippen molar-refractivity contribution >= 4 is 16.7 Å². The van der Waals surface area contributed by atoms with E-state index in [1.807, 2.05) is 24.3 Å². The lowest BCUT2D eigenvalue weighted by Crippen LogP contribution is -2.20. The lowest BCUT2D eigenvalue weighted by molar-refractivity contribution is -0.119. The number of hydrogen-bond donors (Lipinski definition) is 2. The molecule has 3 aromatic carbocycles. The third-order valence-electron chi connectivity index (χ3n) is 4.21. The monoisotopic (exact) mass is 334 g/mol. The van der Waals surface area contributed by atoms with Crippen LogP contribution >= 0.6 is 0 Å². The maximum Gasteiger partial charge on any atom is 0.255 e. The zero-order valence-electron chi connectivity index (χ0n) is 14.2. The number of primary amides is 1. The molecular formula is C21H22N2O2. The van der Waals surface area contributed by atoms with Crippen molar-refractivity contribution in [3.63, 3.8) is 0 Å². The molecule has 0 saturated carbocycles. The lowest BCUT2D eigenvalue weighted by Gasteiger charge is -2.17. The maximum atomic E-state index is 10.7. The Morgan fingerprint density at radius 2 is 1.76 bits per heavy atom. The van der Waals surface area contributed by atoms with Crippen molar-refractivity contribution in [3.05, 3.63) is 77.9 Å². The smallest absolute Gasteiger partial charge is 0.255 e. The minimum atomic E-state index is -0.477. The van der Waals surface area contributed by atoms with Gasteiger partial charge in [-0.1, -0.05) is 54.6 Å². The van der Waals surface area contributed by atoms with E-state index in [0.717, 1.165) is 12.1 Å². The molecule has 0 spiro atoms. The highest BCUT2D eigenvalue weighted by Crippen LogP contribution is 2.24. The predicted molar refractivity (Wildman–Crippen MR) is 100 cm³/mol. The maximum absolute atomic E-state index is 10.7. The molecule has 0 aliphatic heterocycles. The summed E-state index contributed by atoms with van der Waals surface area (Å²) in [4.78, 5) is 10.7. The van der Waals surface area contributed by atoms with Crippen LogP contribution in [0.5, 0.6) is 5.75 Å². The van der Waals surface area contributed by atoms with Gasteiger partial charge in [0.2, 0.25) is 0 Å². The summed E-state index contributed by atoms with van der Waals surface area (Å²) in [5, 5.41) is 6.09. The van der Waals surface area contributed by atoms with Gasteiger partial charge in [0.25, 0.3) is 5.91 Å². The van der Waals surface area contributed by atoms with E-state index in [1.54, 1.807) is 0 Å². The molecule has 25 heavy (non-hydrogen) atoms. The van der Waals surface area contributed by atoms with Crippen LogP contribution in [-0.2, 0) is 11.3 Å². The molecule has 4 nitrogen and oxygen atoms in total. The average Bonchev–Trinajstić information content (AvgIpc) is 2.64. The fourth-order valence-corrected chi connectivity index (χ4v) is 2.87. The second kappa shape index (κ2) is 7.81. The van der Waals surface area contributed by atoms with Crippen molar-refractivity contribution in [3.8, 4) is 5.75 Å². The Morgan fingerprint density at radius 3 is 2.52 bits per heavy atom. The van der Waals surface area contributed by atoms with E-state index < -0.39 is 5.91 Å². The Hall–Kier alpha value is -2.85. The van der Waals surface area contributed by atoms with E-state index in [9.17, 15) is 4.79 Å². The van der Waals surface area contributed by atoms with E-state index in [4.69, 9.17) is 10.5 Å². The zero-order chi connectivity index (χ0) is 17.6. The highest BCUT2D eigenvalue weighted by molar-refractivity contribution is 5.86. The molecule has 1 atom stereocenters. The van der Waals surface area contributed by atoms with Gasteiger partial charge in [0.05, 0.1) is 0 Å². The normalized spacial score (nSPS) is 12.0. The summed E-state index contributed by atoms with van der Waals surface area (Å²) in [5.74, 6) is 0.166. The molecular weight excluding hydrogens is 312 g/mol. The van der Waals surface area contributed by atoms with Gasteiger partial charge in [-0.3, -0.25) is 4.79 Å². The second-order valence-electron chi connectivity index (χ2n) is 6.07. The van der Waals surface area contributed by atoms with Gasteiger partial charge in [-0.25, -0.2) is 0 Å². The van der Waals surface area contributed by atoms with Crippen LogP contribution in [0.2, 0.25) is 0 Å². The molecule has 3 rings (SSSR count). The summed E-state index contributed by atoms with van der Waals surface area (Å²) < 4.78 is 5.27. The van der Waals surface area contributed by atoms with Gasteiger partial charge in [0, 0.05) is 12.6 Å². The van der Waals surface area contributed by atoms with Crippen LogP contribution in [0, 0.1) is 0 Å². The first-order chi connectivity index (χ1) is 12.1. The fraction of sp³-hybridized carbons (Fsp3) is 0.190. The largest absolute Gasteiger partial charge is 0.484 e. The second-order valence-corrected chi connectivity index (χ2v) is 6.07. The number of carbonyl (C=O) groups excluding carboxylic acids is 1. The molecule has 0 aliphatic carbocycles. The highest BCUT2D eigenvalue weighted by atomic mass is 16.5. The number of rotatable bonds is 7. The molecule has 0 saturated heterocycles. The van der Waals surface area contributed by atoms with E-state index in [1.165, 1.54) is 16.3 Å². The third kappa shape index (κ3) is 4.37. The molecule has 0 fully saturated rings. The number of benzene rings is 3. The first kappa shape index (κ1) is 17.0. The van der Waals surface area contributed by atoms with Crippen LogP contribution in [0.1, 0.15) is 24.1 Å². The molecule has 0 aromatic heterocycles. The third-order valence-corrected chi connectivity index (χ3v) is 4.21. The van der Waals surface area contributed by atoms with Crippen molar-refractivity contribution < 1.29 is 9.53 Å². The Kier molecular flexibility index (Phi) is 5.31. The Balaban J connectivity index is 1.63. The fourth-order valence-electron chi connectivity index (χ4n) is 2.87. The summed E-state index contributed by atoms with van der Waals surface area (Å²) in [5.41, 5.74) is 7.51. The predicted octanol–water partition coefficient (Wildman–Crippen LogP) is 3.55. The molecule has 1 amide bonds. The van der Waals surface area contributed by atoms with Crippen molar-refractivity contribution in [2.24, 2.45) is 5.73 Å². The number of nitrogens with two attached hydrogens (primary N) is 1. The van der Waals surface area contributed by atoms with E-state index in [0.29, 0.717) is 5.75 Å². The SMILES string of the molecule is CC(NCc1ccc(OCC(N)=O)cc1)c1cccc2ccccc12. The summed E-state index contributed by atoms with van der Waals surface area (Å²) in [6.45, 7) is 2.82. The van der Waals surface area contributed by atoms with Gasteiger partial charge in [0.15, 0.2) is 6.61 Å². The van der Waals surface area contributed by atoms with Gasteiger partial charge in [0.1, 0.15) is 5.75 Å². The minimum Gasteiger partial charge on any atom is -0.484 e. The van der Waals surface area contributed by atoms with E-state index in [-0.39, 0.29) is 12.6 Å². The molecule has 3 N–H and O–H groups in total. The molecule has 0 radical (unpaired) electrons. The summed E-state index contributed by atoms with van der Waals surface area (Å²) in [6.07, 6.45) is 0. The lowest BCUT2D eigenvalue weighted by atomic mass is 9.99. The Labute approximate surface area is 147 Å². The van der Waals surface area contributed by atoms with E-state index >= 15 is 0 Å². The van der Waals surface area contributed by atoms with Crippen molar-refractivity contribution in [2.75, 3.05) is 6.61 Å². The highest BCUT2D eigenvalue weighted by Gasteiger charge is 2.08. The standard InChI is InChI=1S/C21H22N2O2/c1-15(19-8-4-6-17-5-2-3-7-20(17)19)23-13-16-9-11-18(12-10-16)25-14-21(22)24/h2-12,15,23H,13-14H2,1H3,(H2,22,24). The molecule has 1 unspecified atom stereocenters. The van der Waals surface area contributed by atoms with Gasteiger partial charge >= 0.3 is 0 Å². The average molecular weight is 334 g/mol. The van der Waals surface area contributed by atoms with Crippen molar-refractivity contribution in [1.29, 1.82) is 0 Å². The van der Waals surface area contributed by atoms with Gasteiger partial charge in [-0.15, -0.1) is 0 Å². The van der Waals surface area contributed by atoms with Crippen LogP contribution in [0.4, 0.5) is 0 Å². The van der Waals surface area contributed by atoms with Gasteiger partial charge < -0.3 is 15.8 Å². The summed E-state index contributed by atoms with van der Waals surface area (Å²) in [6, 6.07) is 22.7. The molecule has 3 aromatic rings. The first-order valence-electron chi connectivity index (χ1n) is 8.34. The number of fused-ring (bicyclic) bond motifs is 1. The van der Waals surface area contributed by atoms with E-state index in [2.05, 4.69) is 54.7 Å². The number of ether oxygens (including phenoxy) is 1. The summed E-state index contributed by atoms with van der Waals surface area (Å²) >= 11 is 0. The van der Waals surface area contributed by atoms with Crippen LogP contribution in [0.25, 0.3) is 10.8 Å². The molecule has 0 aliphatic rings. The number of nitrogens with one attached hydrogen (secondary N) is 1. The molecule has 128 valence electrons. The van der Waals surface area contributed by atoms with Gasteiger partial charge in [-0.05, 0) is 41.0 Å². The molecule has 0 heterocycles. The Morgan fingerprint density at radius 1 is 1.04 bits per heavy atom. The van der Waals surface area contributed by atoms with Gasteiger partial charge in [-0.2, -0.15) is 0 Å². The van der Waals surface area contributed by atoms with Crippen molar-refractivity contribution in [2.45, 2.75) is 19.5 Å². The number of hydrogen-bond acceptors (Lipinski definition) is 3. The zero-order valence-corrected chi connectivity index (χ0v) is 14.2. The molecule has 4 heteroatoms. The summed E-state index contributed by atoms with van der Waals surface area (Å²) in [7, 11) is 0. The quantitative estimate of drug-likeness (QED) is 0.694. The Bertz CT molecular complexity index is 854. The minimum absolute atomic E-state index is 0.101. The topological polar surface area (TPSA) is 64.3 Å². The number of amides is 1. The van der Waals surface area contributed by atoms with Crippen molar-refractivity contribution in [1.82, 2.24) is 5.32 Å². The van der Waals surface area contributed by atoms with Crippen LogP contribution in [0.3, 0.4) is 0 Å². The van der Waals surface area contributed by atoms with Crippen LogP contribution in [0.15, 0.2) is 66.7 Å². The first-order valence-corrected chi connectivity index (χ1v) is 8.34. The van der Waals surface area contributed by atoms with Crippen LogP contribution in [-0.4, -0.2) is 12.5 Å². The molecule has 0 bridgehead atoms. The van der Waals surface area contributed by atoms with Crippen LogP contribution < -0.4 is 15.8 Å².